The van der Waals surface area contributed by atoms with Crippen LogP contribution in [0.2, 0.25) is 0 Å². The van der Waals surface area contributed by atoms with Gasteiger partial charge in [-0.3, -0.25) is 10.1 Å². The predicted octanol–water partition coefficient (Wildman–Crippen LogP) is -3.86. The Hall–Kier alpha value is -0.470. The summed E-state index contributed by atoms with van der Waals surface area (Å²) < 4.78 is 5.41. The largest absolute Gasteiger partial charge is 0.394 e. The number of hydrogen-bond donors (Lipinski definition) is 6. The van der Waals surface area contributed by atoms with Crippen LogP contribution < -0.4 is 16.8 Å². The third-order valence-corrected chi connectivity index (χ3v) is 6.09. The van der Waals surface area contributed by atoms with Gasteiger partial charge in [-0.25, -0.2) is 0 Å². The number of aliphatic hydroxyl groups is 3. The van der Waals surface area contributed by atoms with Gasteiger partial charge in [0, 0.05) is 5.78 Å². The number of primary amides is 1. The molecule has 2 aliphatic heterocycles. The number of hydrogen-bond acceptors (Lipinski definition) is 7. The molecule has 7 atom stereocenters. The van der Waals surface area contributed by atoms with Crippen LogP contribution >= 0.6 is 7.55 Å². The second-order valence-electron chi connectivity index (χ2n) is 4.48. The van der Waals surface area contributed by atoms with Crippen LogP contribution in [-0.2, 0) is 9.53 Å². The molecule has 0 spiro atoms. The van der Waals surface area contributed by atoms with Crippen molar-refractivity contribution in [2.75, 3.05) is 6.61 Å². The molecule has 0 bridgehead atoms. The number of rotatable bonds is 3. The Morgan fingerprint density at radius 3 is 2.56 bits per heavy atom. The second-order valence-corrected chi connectivity index (χ2v) is 7.00. The van der Waals surface area contributed by atoms with Crippen LogP contribution in [-0.4, -0.2) is 69.7 Å². The number of ether oxygens (including phenoxy) is 1. The summed E-state index contributed by atoms with van der Waals surface area (Å²) in [5, 5.41) is 31.3. The maximum absolute atomic E-state index is 11.1. The zero-order valence-corrected chi connectivity index (χ0v) is 10.6. The van der Waals surface area contributed by atoms with Crippen molar-refractivity contribution in [3.05, 3.63) is 0 Å². The number of aliphatic hydroxyl groups excluding tert-OH is 3. The van der Waals surface area contributed by atoms with Gasteiger partial charge >= 0.3 is 0 Å². The van der Waals surface area contributed by atoms with Gasteiger partial charge in [-0.05, 0) is 5.92 Å². The minimum atomic E-state index is -1.59. The van der Waals surface area contributed by atoms with Crippen molar-refractivity contribution < 1.29 is 24.9 Å². The van der Waals surface area contributed by atoms with E-state index in [1.165, 1.54) is 0 Å². The van der Waals surface area contributed by atoms with Crippen molar-refractivity contribution >= 4 is 19.4 Å². The van der Waals surface area contributed by atoms with Gasteiger partial charge in [0.1, 0.15) is 30.2 Å². The van der Waals surface area contributed by atoms with Gasteiger partial charge in [0.15, 0.2) is 0 Å². The van der Waals surface area contributed by atoms with Crippen molar-refractivity contribution in [1.82, 2.24) is 5.32 Å². The molecule has 3 unspecified atom stereocenters. The van der Waals surface area contributed by atoms with E-state index in [0.29, 0.717) is 0 Å². The summed E-state index contributed by atoms with van der Waals surface area (Å²) in [4.78, 5) is 11.1. The Bertz CT molecular complexity index is 379. The highest BCUT2D eigenvalue weighted by molar-refractivity contribution is 7.59. The highest BCUT2D eigenvalue weighted by Gasteiger charge is 2.47. The fourth-order valence-corrected chi connectivity index (χ4v) is 4.96. The molecule has 0 radical (unpaired) electrons. The summed E-state index contributed by atoms with van der Waals surface area (Å²) in [6, 6.07) is -0.681. The van der Waals surface area contributed by atoms with Gasteiger partial charge in [-0.15, -0.1) is 0 Å². The van der Waals surface area contributed by atoms with Gasteiger partial charge in [0.2, 0.25) is 5.91 Å². The minimum Gasteiger partial charge on any atom is -0.394 e. The smallest absolute Gasteiger partial charge is 0.236 e. The predicted molar refractivity (Wildman–Crippen MR) is 66.2 cm³/mol. The molecule has 0 aromatic carbocycles. The Balaban J connectivity index is 2.12. The topological polar surface area (TPSA) is 151 Å². The monoisotopic (exact) mass is 279 g/mol. The van der Waals surface area contributed by atoms with Crippen molar-refractivity contribution in [2.45, 2.75) is 36.0 Å². The van der Waals surface area contributed by atoms with Crippen LogP contribution in [0.15, 0.2) is 0 Å². The molecule has 104 valence electrons. The SMILES string of the molecule is NC(=O)C1NC=[PH]([C@@H]2O[C@H](CO)[C@@H](O)[C@H]2O)C1N. The molecule has 0 aromatic rings. The number of nitrogens with one attached hydrogen (secondary N) is 1. The Morgan fingerprint density at radius 1 is 1.44 bits per heavy atom. The van der Waals surface area contributed by atoms with E-state index in [1.54, 1.807) is 5.92 Å². The first kappa shape index (κ1) is 14.0. The normalized spacial score (nSPS) is 48.1. The van der Waals surface area contributed by atoms with Crippen LogP contribution in [0.1, 0.15) is 0 Å². The first-order chi connectivity index (χ1) is 8.47. The van der Waals surface area contributed by atoms with Gasteiger partial charge in [0.05, 0.1) is 6.61 Å². The van der Waals surface area contributed by atoms with Crippen LogP contribution in [0, 0.1) is 0 Å². The number of amides is 1. The molecule has 2 aliphatic rings. The first-order valence-electron chi connectivity index (χ1n) is 5.60. The van der Waals surface area contributed by atoms with E-state index in [-0.39, 0.29) is 6.61 Å². The van der Waals surface area contributed by atoms with Crippen molar-refractivity contribution in [3.63, 3.8) is 0 Å². The molecular weight excluding hydrogens is 261 g/mol. The van der Waals surface area contributed by atoms with Crippen molar-refractivity contribution in [3.8, 4) is 0 Å². The van der Waals surface area contributed by atoms with E-state index < -0.39 is 49.4 Å². The van der Waals surface area contributed by atoms with Crippen molar-refractivity contribution in [1.29, 1.82) is 0 Å². The lowest BCUT2D eigenvalue weighted by Crippen LogP contribution is -2.47. The zero-order valence-electron chi connectivity index (χ0n) is 9.56. The highest BCUT2D eigenvalue weighted by atomic mass is 31.1. The zero-order chi connectivity index (χ0) is 13.4. The lowest BCUT2D eigenvalue weighted by atomic mass is 10.2. The summed E-state index contributed by atoms with van der Waals surface area (Å²) >= 11 is 0. The van der Waals surface area contributed by atoms with Gasteiger partial charge in [0.25, 0.3) is 0 Å². The molecule has 1 fully saturated rings. The number of carbonyl (C=O) groups excluding carboxylic acids is 1. The minimum absolute atomic E-state index is 0.383. The van der Waals surface area contributed by atoms with Crippen LogP contribution in [0.5, 0.6) is 0 Å². The molecule has 1 saturated heterocycles. The van der Waals surface area contributed by atoms with E-state index in [2.05, 4.69) is 5.32 Å². The average molecular weight is 279 g/mol. The fraction of sp³-hybridized carbons (Fsp3) is 0.778. The molecule has 2 heterocycles. The molecule has 2 rings (SSSR count). The van der Waals surface area contributed by atoms with E-state index >= 15 is 0 Å². The Kier molecular flexibility index (Phi) is 4.08. The maximum Gasteiger partial charge on any atom is 0.236 e. The number of nitrogens with two attached hydrogens (primary N) is 2. The number of carbonyl (C=O) groups is 1. The standard InChI is InChI=1S/C9H18N3O5P/c10-7(16)4-8(11)18(2-12-4)9-6(15)5(14)3(1-13)17-9/h2-6,8-9,12-15,18H,1,11H2,(H2,10,16)/t3-,4?,5-,6-,8?,9+/m1/s1. The maximum atomic E-state index is 11.1. The van der Waals surface area contributed by atoms with Crippen LogP contribution in [0.4, 0.5) is 0 Å². The third-order valence-electron chi connectivity index (χ3n) is 3.35. The molecule has 1 amide bonds. The molecule has 9 heteroatoms. The molecule has 0 aromatic heterocycles. The average Bonchev–Trinajstić information content (AvgIpc) is 2.82. The fourth-order valence-electron chi connectivity index (χ4n) is 2.28. The highest BCUT2D eigenvalue weighted by Crippen LogP contribution is 2.44. The third kappa shape index (κ3) is 2.21. The van der Waals surface area contributed by atoms with Gasteiger partial charge < -0.3 is 31.5 Å². The van der Waals surface area contributed by atoms with Gasteiger partial charge in [-0.1, -0.05) is 7.55 Å². The lowest BCUT2D eigenvalue weighted by Gasteiger charge is -2.22. The van der Waals surface area contributed by atoms with Crippen LogP contribution in [0.25, 0.3) is 0 Å². The first-order valence-corrected chi connectivity index (χ1v) is 7.34. The van der Waals surface area contributed by atoms with E-state index in [9.17, 15) is 15.0 Å². The molecule has 8 nitrogen and oxygen atoms in total. The van der Waals surface area contributed by atoms with E-state index in [1.807, 2.05) is 0 Å². The van der Waals surface area contributed by atoms with Crippen molar-refractivity contribution in [2.24, 2.45) is 11.5 Å². The molecule has 0 aliphatic carbocycles. The summed E-state index contributed by atoms with van der Waals surface area (Å²) in [6.07, 6.45) is -3.09. The van der Waals surface area contributed by atoms with E-state index in [4.69, 9.17) is 21.3 Å². The second kappa shape index (κ2) is 5.26. The molecule has 0 saturated carbocycles. The summed E-state index contributed by atoms with van der Waals surface area (Å²) in [5.74, 6) is -0.137. The molecule has 18 heavy (non-hydrogen) atoms. The summed E-state index contributed by atoms with van der Waals surface area (Å²) in [7, 11) is -1.59. The molecular formula is C9H18N3O5P. The molecule has 8 N–H and O–H groups in total. The van der Waals surface area contributed by atoms with E-state index in [0.717, 1.165) is 0 Å². The van der Waals surface area contributed by atoms with Gasteiger partial charge in [-0.2, -0.15) is 0 Å². The quantitative estimate of drug-likeness (QED) is 0.289. The van der Waals surface area contributed by atoms with Crippen LogP contribution in [0.3, 0.4) is 0 Å². The summed E-state index contributed by atoms with van der Waals surface area (Å²) in [6.45, 7) is -0.383. The Morgan fingerprint density at radius 2 is 2.11 bits per heavy atom. The summed E-state index contributed by atoms with van der Waals surface area (Å²) in [5.41, 5.74) is 11.1. The lowest BCUT2D eigenvalue weighted by molar-refractivity contribution is -0.119. The Labute approximate surface area is 104 Å².